The molecule has 0 atom stereocenters. The van der Waals surface area contributed by atoms with E-state index in [-0.39, 0.29) is 17.1 Å². The van der Waals surface area contributed by atoms with E-state index in [9.17, 15) is 13.2 Å². The molecule has 0 spiro atoms. The van der Waals surface area contributed by atoms with E-state index in [1.54, 1.807) is 12.1 Å². The van der Waals surface area contributed by atoms with Gasteiger partial charge in [0.25, 0.3) is 0 Å². The lowest BCUT2D eigenvalue weighted by atomic mass is 10.00. The Morgan fingerprint density at radius 1 is 1.05 bits per heavy atom. The van der Waals surface area contributed by atoms with Crippen LogP contribution in [0.4, 0.5) is 0 Å². The molecule has 0 bridgehead atoms. The molecule has 0 fully saturated rings. The van der Waals surface area contributed by atoms with Gasteiger partial charge in [-0.2, -0.15) is 0 Å². The van der Waals surface area contributed by atoms with E-state index in [1.807, 2.05) is 31.2 Å². The van der Waals surface area contributed by atoms with Crippen LogP contribution in [0.1, 0.15) is 21.5 Å². The Labute approximate surface area is 119 Å². The van der Waals surface area contributed by atoms with Crippen molar-refractivity contribution in [2.45, 2.75) is 18.2 Å². The molecule has 0 saturated carbocycles. The topological polar surface area (TPSA) is 51.2 Å². The highest BCUT2D eigenvalue weighted by Crippen LogP contribution is 2.15. The third kappa shape index (κ3) is 3.33. The molecular formula is C16H16O3S. The number of benzene rings is 2. The highest BCUT2D eigenvalue weighted by molar-refractivity contribution is 7.90. The first-order valence-electron chi connectivity index (χ1n) is 6.26. The minimum atomic E-state index is -3.29. The third-order valence-electron chi connectivity index (χ3n) is 3.20. The first-order valence-corrected chi connectivity index (χ1v) is 8.15. The lowest BCUT2D eigenvalue weighted by Gasteiger charge is -2.06. The number of hydrogen-bond donors (Lipinski definition) is 0. The van der Waals surface area contributed by atoms with E-state index in [2.05, 4.69) is 0 Å². The second kappa shape index (κ2) is 5.59. The molecule has 0 aromatic heterocycles. The summed E-state index contributed by atoms with van der Waals surface area (Å²) in [6, 6.07) is 13.9. The molecule has 2 rings (SSSR count). The Kier molecular flexibility index (Phi) is 4.04. The Hall–Kier alpha value is -1.94. The summed E-state index contributed by atoms with van der Waals surface area (Å²) in [5.41, 5.74) is 2.44. The van der Waals surface area contributed by atoms with Crippen LogP contribution in [-0.2, 0) is 16.3 Å². The van der Waals surface area contributed by atoms with E-state index >= 15 is 0 Å². The monoisotopic (exact) mass is 288 g/mol. The van der Waals surface area contributed by atoms with Crippen molar-refractivity contribution in [3.63, 3.8) is 0 Å². The van der Waals surface area contributed by atoms with E-state index in [1.165, 1.54) is 12.1 Å². The number of carbonyl (C=O) groups is 1. The van der Waals surface area contributed by atoms with Gasteiger partial charge in [0, 0.05) is 18.2 Å². The molecule has 0 aliphatic carbocycles. The molecule has 0 aliphatic heterocycles. The fourth-order valence-corrected chi connectivity index (χ4v) is 2.65. The predicted octanol–water partition coefficient (Wildman–Crippen LogP) is 2.82. The van der Waals surface area contributed by atoms with Crippen LogP contribution in [0.2, 0.25) is 0 Å². The molecular weight excluding hydrogens is 272 g/mol. The number of ketones is 1. The van der Waals surface area contributed by atoms with Crippen LogP contribution in [0.3, 0.4) is 0 Å². The van der Waals surface area contributed by atoms with Gasteiger partial charge < -0.3 is 0 Å². The second-order valence-electron chi connectivity index (χ2n) is 4.83. The second-order valence-corrected chi connectivity index (χ2v) is 6.84. The molecule has 104 valence electrons. The summed E-state index contributed by atoms with van der Waals surface area (Å²) < 4.78 is 23.0. The summed E-state index contributed by atoms with van der Waals surface area (Å²) in [7, 11) is -3.29. The van der Waals surface area contributed by atoms with Crippen molar-refractivity contribution in [3.8, 4) is 0 Å². The van der Waals surface area contributed by atoms with Gasteiger partial charge in [-0.05, 0) is 30.2 Å². The molecule has 0 N–H and O–H groups in total. The van der Waals surface area contributed by atoms with E-state index < -0.39 is 9.84 Å². The molecule has 0 radical (unpaired) electrons. The zero-order valence-corrected chi connectivity index (χ0v) is 12.3. The quantitative estimate of drug-likeness (QED) is 0.813. The largest absolute Gasteiger partial charge is 0.294 e. The Bertz CT molecular complexity index is 746. The Morgan fingerprint density at radius 2 is 1.75 bits per heavy atom. The summed E-state index contributed by atoms with van der Waals surface area (Å²) in [4.78, 5) is 12.4. The molecule has 0 amide bonds. The fourth-order valence-electron chi connectivity index (χ4n) is 1.98. The van der Waals surface area contributed by atoms with Gasteiger partial charge >= 0.3 is 0 Å². The average molecular weight is 288 g/mol. The van der Waals surface area contributed by atoms with Crippen LogP contribution in [0.25, 0.3) is 0 Å². The van der Waals surface area contributed by atoms with Crippen LogP contribution in [-0.4, -0.2) is 20.5 Å². The van der Waals surface area contributed by atoms with Crippen LogP contribution in [0.15, 0.2) is 53.4 Å². The SMILES string of the molecule is Cc1ccccc1CC(=O)c1cccc(S(C)(=O)=O)c1. The number of rotatable bonds is 4. The fraction of sp³-hybridized carbons (Fsp3) is 0.188. The van der Waals surface area contributed by atoms with Crippen molar-refractivity contribution in [1.82, 2.24) is 0 Å². The average Bonchev–Trinajstić information content (AvgIpc) is 2.40. The summed E-state index contributed by atoms with van der Waals surface area (Å²) in [6.45, 7) is 1.95. The van der Waals surface area contributed by atoms with Gasteiger partial charge in [0.2, 0.25) is 0 Å². The number of Topliss-reactive ketones (excluding diaryl/α,β-unsaturated/α-hetero) is 1. The molecule has 2 aromatic rings. The minimum absolute atomic E-state index is 0.0789. The van der Waals surface area contributed by atoms with Crippen LogP contribution >= 0.6 is 0 Å². The summed E-state index contributed by atoms with van der Waals surface area (Å²) in [5.74, 6) is -0.0789. The van der Waals surface area contributed by atoms with Crippen LogP contribution < -0.4 is 0 Å². The van der Waals surface area contributed by atoms with Gasteiger partial charge in [-0.25, -0.2) is 8.42 Å². The van der Waals surface area contributed by atoms with Gasteiger partial charge in [-0.3, -0.25) is 4.79 Å². The lowest BCUT2D eigenvalue weighted by Crippen LogP contribution is -2.06. The highest BCUT2D eigenvalue weighted by Gasteiger charge is 2.12. The van der Waals surface area contributed by atoms with Crippen molar-refractivity contribution < 1.29 is 13.2 Å². The van der Waals surface area contributed by atoms with Gasteiger partial charge in [0.05, 0.1) is 4.90 Å². The zero-order chi connectivity index (χ0) is 14.8. The number of hydrogen-bond acceptors (Lipinski definition) is 3. The highest BCUT2D eigenvalue weighted by atomic mass is 32.2. The summed E-state index contributed by atoms with van der Waals surface area (Å²) >= 11 is 0. The van der Waals surface area contributed by atoms with Crippen LogP contribution in [0, 0.1) is 6.92 Å². The Morgan fingerprint density at radius 3 is 2.40 bits per heavy atom. The minimum Gasteiger partial charge on any atom is -0.294 e. The summed E-state index contributed by atoms with van der Waals surface area (Å²) in [5, 5.41) is 0. The van der Waals surface area contributed by atoms with Crippen molar-refractivity contribution in [2.24, 2.45) is 0 Å². The van der Waals surface area contributed by atoms with Crippen molar-refractivity contribution in [1.29, 1.82) is 0 Å². The van der Waals surface area contributed by atoms with E-state index in [0.29, 0.717) is 5.56 Å². The van der Waals surface area contributed by atoms with Crippen LogP contribution in [0.5, 0.6) is 0 Å². The normalized spacial score (nSPS) is 11.3. The van der Waals surface area contributed by atoms with Crippen molar-refractivity contribution in [2.75, 3.05) is 6.26 Å². The molecule has 0 saturated heterocycles. The van der Waals surface area contributed by atoms with Crippen molar-refractivity contribution >= 4 is 15.6 Å². The third-order valence-corrected chi connectivity index (χ3v) is 4.31. The Balaban J connectivity index is 2.29. The molecule has 20 heavy (non-hydrogen) atoms. The molecule has 4 heteroatoms. The van der Waals surface area contributed by atoms with Gasteiger partial charge in [0.1, 0.15) is 0 Å². The summed E-state index contributed by atoms with van der Waals surface area (Å²) in [6.07, 6.45) is 1.41. The smallest absolute Gasteiger partial charge is 0.175 e. The number of aryl methyl sites for hydroxylation is 1. The maximum absolute atomic E-state index is 12.3. The zero-order valence-electron chi connectivity index (χ0n) is 11.5. The molecule has 0 aliphatic rings. The first-order chi connectivity index (χ1) is 9.38. The lowest BCUT2D eigenvalue weighted by molar-refractivity contribution is 0.0992. The maximum Gasteiger partial charge on any atom is 0.175 e. The van der Waals surface area contributed by atoms with E-state index in [0.717, 1.165) is 17.4 Å². The van der Waals surface area contributed by atoms with Gasteiger partial charge in [0.15, 0.2) is 15.6 Å². The molecule has 3 nitrogen and oxygen atoms in total. The van der Waals surface area contributed by atoms with Gasteiger partial charge in [-0.15, -0.1) is 0 Å². The van der Waals surface area contributed by atoms with E-state index in [4.69, 9.17) is 0 Å². The number of sulfone groups is 1. The molecule has 0 heterocycles. The number of carbonyl (C=O) groups excluding carboxylic acids is 1. The maximum atomic E-state index is 12.3. The standard InChI is InChI=1S/C16H16O3S/c1-12-6-3-4-7-13(12)11-16(17)14-8-5-9-15(10-14)20(2,18)19/h3-10H,11H2,1-2H3. The molecule has 2 aromatic carbocycles. The first kappa shape index (κ1) is 14.5. The van der Waals surface area contributed by atoms with Crippen molar-refractivity contribution in [3.05, 3.63) is 65.2 Å². The van der Waals surface area contributed by atoms with Gasteiger partial charge in [-0.1, -0.05) is 36.4 Å². The molecule has 0 unspecified atom stereocenters. The predicted molar refractivity (Wildman–Crippen MR) is 78.8 cm³/mol.